The third-order valence-electron chi connectivity index (χ3n) is 8.12. The predicted octanol–water partition coefficient (Wildman–Crippen LogP) is 5.07. The number of ether oxygens (including phenoxy) is 1. The molecule has 0 fully saturated rings. The maximum Gasteiger partial charge on any atom is 1.00 e. The number of aromatic amines is 2. The molecule has 2 heterocycles. The number of carboxylic acids is 1. The van der Waals surface area contributed by atoms with Gasteiger partial charge in [0.2, 0.25) is 0 Å². The summed E-state index contributed by atoms with van der Waals surface area (Å²) in [5, 5.41) is 11.0. The average molecular weight is 629 g/mol. The molecule has 8 heteroatoms. The first-order valence-corrected chi connectivity index (χ1v) is 14.3. The SMILES string of the molecule is COC(=O)Cc1c[nH]c2ccc(-c3ccc(C)c(C)c3)cc12.Cc1ccc(-c2ccc3[nH]cc(CC(=O)O)c3c2)cc1C.[K+].[OH-]. The molecule has 6 aromatic rings. The molecule has 2 aromatic heterocycles. The largest absolute Gasteiger partial charge is 1.00 e. The van der Waals surface area contributed by atoms with Crippen LogP contribution in [-0.4, -0.2) is 39.6 Å². The number of benzene rings is 4. The average Bonchev–Trinajstić information content (AvgIpc) is 3.58. The van der Waals surface area contributed by atoms with Gasteiger partial charge in [-0.3, -0.25) is 9.59 Å². The number of carbonyl (C=O) groups is 2. The Kier molecular flexibility index (Phi) is 12.5. The van der Waals surface area contributed by atoms with Gasteiger partial charge in [-0.05, 0) is 108 Å². The number of aliphatic carboxylic acids is 1. The first kappa shape index (κ1) is 36.0. The molecular formula is C37H37KN2O5. The fourth-order valence-corrected chi connectivity index (χ4v) is 5.24. The molecule has 0 atom stereocenters. The first-order chi connectivity index (χ1) is 20.6. The fourth-order valence-electron chi connectivity index (χ4n) is 5.24. The van der Waals surface area contributed by atoms with Gasteiger partial charge in [0.05, 0.1) is 20.0 Å². The number of hydrogen-bond donors (Lipinski definition) is 3. The summed E-state index contributed by atoms with van der Waals surface area (Å²) in [5.74, 6) is -1.04. The minimum Gasteiger partial charge on any atom is -0.870 e. The van der Waals surface area contributed by atoms with Crippen molar-refractivity contribution in [3.05, 3.63) is 119 Å². The first-order valence-electron chi connectivity index (χ1n) is 14.3. The predicted molar refractivity (Wildman–Crippen MR) is 175 cm³/mol. The van der Waals surface area contributed by atoms with Crippen LogP contribution in [0.1, 0.15) is 33.4 Å². The van der Waals surface area contributed by atoms with Gasteiger partial charge >= 0.3 is 63.3 Å². The monoisotopic (exact) mass is 628 g/mol. The topological polar surface area (TPSA) is 125 Å². The zero-order chi connectivity index (χ0) is 30.7. The second-order valence-corrected chi connectivity index (χ2v) is 11.1. The van der Waals surface area contributed by atoms with Crippen molar-refractivity contribution in [2.45, 2.75) is 40.5 Å². The summed E-state index contributed by atoms with van der Waals surface area (Å²) < 4.78 is 4.76. The van der Waals surface area contributed by atoms with Crippen molar-refractivity contribution in [1.82, 2.24) is 9.97 Å². The van der Waals surface area contributed by atoms with Crippen molar-refractivity contribution >= 4 is 33.7 Å². The quantitative estimate of drug-likeness (QED) is 0.175. The van der Waals surface area contributed by atoms with Gasteiger partial charge in [0.25, 0.3) is 0 Å². The number of fused-ring (bicyclic) bond motifs is 2. The summed E-state index contributed by atoms with van der Waals surface area (Å²) in [7, 11) is 1.41. The fraction of sp³-hybridized carbons (Fsp3) is 0.189. The molecule has 0 aliphatic rings. The van der Waals surface area contributed by atoms with Crippen LogP contribution < -0.4 is 51.4 Å². The summed E-state index contributed by atoms with van der Waals surface area (Å²) in [6.07, 6.45) is 3.98. The van der Waals surface area contributed by atoms with Crippen molar-refractivity contribution in [3.8, 4) is 22.3 Å². The molecule has 0 aliphatic heterocycles. The van der Waals surface area contributed by atoms with E-state index in [4.69, 9.17) is 9.84 Å². The van der Waals surface area contributed by atoms with Gasteiger partial charge in [0.15, 0.2) is 0 Å². The third kappa shape index (κ3) is 8.41. The van der Waals surface area contributed by atoms with Crippen LogP contribution in [0.4, 0.5) is 0 Å². The van der Waals surface area contributed by atoms with E-state index in [0.717, 1.165) is 49.6 Å². The van der Waals surface area contributed by atoms with E-state index in [1.807, 2.05) is 12.3 Å². The summed E-state index contributed by atoms with van der Waals surface area (Å²) in [6, 6.07) is 25.3. The molecular weight excluding hydrogens is 592 g/mol. The van der Waals surface area contributed by atoms with Crippen LogP contribution in [0, 0.1) is 27.7 Å². The number of H-pyrrole nitrogens is 2. The zero-order valence-corrected chi connectivity index (χ0v) is 29.7. The van der Waals surface area contributed by atoms with Gasteiger partial charge in [0, 0.05) is 34.2 Å². The molecule has 7 nitrogen and oxygen atoms in total. The third-order valence-corrected chi connectivity index (χ3v) is 8.12. The van der Waals surface area contributed by atoms with E-state index in [-0.39, 0.29) is 75.7 Å². The zero-order valence-electron chi connectivity index (χ0n) is 26.6. The number of esters is 1. The molecule has 4 aromatic carbocycles. The Morgan fingerprint density at radius 1 is 0.622 bits per heavy atom. The van der Waals surface area contributed by atoms with Crippen molar-refractivity contribution in [1.29, 1.82) is 0 Å². The standard InChI is InChI=1S/C19H19NO2.C18H17NO2.K.H2O/c1-12-4-5-14(8-13(12)2)15-6-7-18-17(9-15)16(11-20-18)10-19(21)22-3;1-11-3-4-13(7-12(11)2)14-5-6-17-16(8-14)15(10-19-17)9-18(20)21;;/h4-9,11,20H,10H2,1-3H3;3-8,10,19H,9H2,1-2H3,(H,20,21);;1H2/q;;+1;/p-1. The molecule has 45 heavy (non-hydrogen) atoms. The van der Waals surface area contributed by atoms with Gasteiger partial charge < -0.3 is 25.3 Å². The number of methoxy groups -OCH3 is 1. The van der Waals surface area contributed by atoms with Crippen LogP contribution in [0.25, 0.3) is 44.1 Å². The van der Waals surface area contributed by atoms with Crippen molar-refractivity contribution < 1.29 is 76.3 Å². The van der Waals surface area contributed by atoms with Crippen LogP contribution in [0.2, 0.25) is 0 Å². The van der Waals surface area contributed by atoms with E-state index >= 15 is 0 Å². The Bertz CT molecular complexity index is 1970. The molecule has 4 N–H and O–H groups in total. The normalized spacial score (nSPS) is 10.4. The molecule has 0 saturated heterocycles. The maximum absolute atomic E-state index is 11.5. The Hall–Kier alpha value is -3.50. The smallest absolute Gasteiger partial charge is 0.870 e. The van der Waals surface area contributed by atoms with Gasteiger partial charge in [0.1, 0.15) is 0 Å². The minimum absolute atomic E-state index is 0. The van der Waals surface area contributed by atoms with Crippen LogP contribution in [0.15, 0.2) is 85.2 Å². The van der Waals surface area contributed by atoms with E-state index in [1.54, 1.807) is 6.20 Å². The summed E-state index contributed by atoms with van der Waals surface area (Å²) >= 11 is 0. The maximum atomic E-state index is 11.5. The molecule has 0 spiro atoms. The molecule has 6 rings (SSSR count). The van der Waals surface area contributed by atoms with Crippen LogP contribution in [0.3, 0.4) is 0 Å². The van der Waals surface area contributed by atoms with E-state index in [0.29, 0.717) is 0 Å². The molecule has 0 aliphatic carbocycles. The van der Waals surface area contributed by atoms with Crippen LogP contribution in [0.5, 0.6) is 0 Å². The van der Waals surface area contributed by atoms with E-state index in [9.17, 15) is 9.59 Å². The Labute approximate surface area is 305 Å². The van der Waals surface area contributed by atoms with Gasteiger partial charge in [-0.2, -0.15) is 0 Å². The van der Waals surface area contributed by atoms with Gasteiger partial charge in [-0.1, -0.05) is 48.5 Å². The Morgan fingerprint density at radius 3 is 1.42 bits per heavy atom. The van der Waals surface area contributed by atoms with E-state index in [1.165, 1.54) is 34.9 Å². The Balaban J connectivity index is 0.000000235. The second-order valence-electron chi connectivity index (χ2n) is 11.1. The minimum atomic E-state index is -0.813. The molecule has 0 unspecified atom stereocenters. The molecule has 0 radical (unpaired) electrons. The number of aryl methyl sites for hydroxylation is 4. The van der Waals surface area contributed by atoms with Gasteiger partial charge in [-0.15, -0.1) is 0 Å². The molecule has 226 valence electrons. The van der Waals surface area contributed by atoms with Crippen molar-refractivity contribution in [3.63, 3.8) is 0 Å². The number of carbonyl (C=O) groups excluding carboxylic acids is 1. The summed E-state index contributed by atoms with van der Waals surface area (Å²) in [6.45, 7) is 8.43. The summed E-state index contributed by atoms with van der Waals surface area (Å²) in [4.78, 5) is 28.8. The number of carboxylic acid groups (broad SMARTS) is 1. The van der Waals surface area contributed by atoms with Crippen molar-refractivity contribution in [2.75, 3.05) is 7.11 Å². The van der Waals surface area contributed by atoms with Crippen molar-refractivity contribution in [2.24, 2.45) is 0 Å². The number of hydrogen-bond acceptors (Lipinski definition) is 4. The molecule has 0 bridgehead atoms. The number of aromatic nitrogens is 2. The number of nitrogens with one attached hydrogen (secondary N) is 2. The van der Waals surface area contributed by atoms with Crippen LogP contribution in [-0.2, 0) is 27.2 Å². The summed E-state index contributed by atoms with van der Waals surface area (Å²) in [5.41, 5.74) is 13.5. The molecule has 0 saturated carbocycles. The van der Waals surface area contributed by atoms with E-state index in [2.05, 4.69) is 104 Å². The van der Waals surface area contributed by atoms with Crippen LogP contribution >= 0.6 is 0 Å². The van der Waals surface area contributed by atoms with Gasteiger partial charge in [-0.25, -0.2) is 0 Å². The Morgan fingerprint density at radius 2 is 1.02 bits per heavy atom. The van der Waals surface area contributed by atoms with E-state index < -0.39 is 5.97 Å². The number of rotatable bonds is 6. The molecule has 0 amide bonds. The second kappa shape index (κ2) is 15.7.